The lowest BCUT2D eigenvalue weighted by molar-refractivity contribution is 0.0699. The predicted octanol–water partition coefficient (Wildman–Crippen LogP) is 3.06. The lowest BCUT2D eigenvalue weighted by Gasteiger charge is -2.33. The zero-order chi connectivity index (χ0) is 16.5. The van der Waals surface area contributed by atoms with Gasteiger partial charge in [0.25, 0.3) is 5.91 Å². The maximum Gasteiger partial charge on any atom is 0.272 e. The minimum absolute atomic E-state index is 0.0225. The van der Waals surface area contributed by atoms with Gasteiger partial charge in [0.2, 0.25) is 0 Å². The van der Waals surface area contributed by atoms with Crippen molar-refractivity contribution in [2.45, 2.75) is 25.7 Å². The van der Waals surface area contributed by atoms with Crippen molar-refractivity contribution >= 4 is 11.6 Å². The Morgan fingerprint density at radius 2 is 2.12 bits per heavy atom. The van der Waals surface area contributed by atoms with Crippen molar-refractivity contribution in [1.82, 2.24) is 19.3 Å². The summed E-state index contributed by atoms with van der Waals surface area (Å²) >= 11 is 0. The van der Waals surface area contributed by atoms with E-state index in [0.717, 1.165) is 37.3 Å². The maximum absolute atomic E-state index is 12.7. The number of imidazole rings is 1. The summed E-state index contributed by atoms with van der Waals surface area (Å²) in [5.41, 5.74) is 3.74. The summed E-state index contributed by atoms with van der Waals surface area (Å²) < 4.78 is 2.16. The van der Waals surface area contributed by atoms with Crippen LogP contribution in [0.4, 0.5) is 0 Å². The molecule has 1 aliphatic heterocycles. The highest BCUT2D eigenvalue weighted by atomic mass is 16.2. The average molecular weight is 320 g/mol. The van der Waals surface area contributed by atoms with Crippen LogP contribution in [0.2, 0.25) is 0 Å². The average Bonchev–Trinajstić information content (AvgIpc) is 3.02. The monoisotopic (exact) mass is 320 g/mol. The third-order valence-corrected chi connectivity index (χ3v) is 4.66. The lowest BCUT2D eigenvalue weighted by atomic mass is 9.93. The van der Waals surface area contributed by atoms with Gasteiger partial charge in [0.15, 0.2) is 0 Å². The van der Waals surface area contributed by atoms with E-state index in [2.05, 4.69) is 32.7 Å². The number of hydrogen-bond donors (Lipinski definition) is 0. The van der Waals surface area contributed by atoms with Gasteiger partial charge in [0.05, 0.1) is 5.69 Å². The van der Waals surface area contributed by atoms with Gasteiger partial charge in [0.1, 0.15) is 11.3 Å². The zero-order valence-electron chi connectivity index (χ0n) is 13.7. The fraction of sp³-hybridized carbons (Fsp3) is 0.316. The first-order valence-electron chi connectivity index (χ1n) is 8.37. The van der Waals surface area contributed by atoms with Gasteiger partial charge in [-0.05, 0) is 44.0 Å². The Labute approximate surface area is 141 Å². The van der Waals surface area contributed by atoms with Crippen LogP contribution in [0.25, 0.3) is 5.65 Å². The van der Waals surface area contributed by atoms with Gasteiger partial charge in [0, 0.05) is 37.1 Å². The fourth-order valence-electron chi connectivity index (χ4n) is 3.54. The van der Waals surface area contributed by atoms with E-state index in [0.29, 0.717) is 11.6 Å². The van der Waals surface area contributed by atoms with Gasteiger partial charge < -0.3 is 9.30 Å². The van der Waals surface area contributed by atoms with E-state index in [9.17, 15) is 4.79 Å². The van der Waals surface area contributed by atoms with Crippen molar-refractivity contribution in [2.75, 3.05) is 13.1 Å². The number of fused-ring (bicyclic) bond motifs is 1. The molecule has 1 saturated heterocycles. The first kappa shape index (κ1) is 14.9. The molecule has 0 unspecified atom stereocenters. The van der Waals surface area contributed by atoms with Crippen molar-refractivity contribution in [3.8, 4) is 0 Å². The molecule has 0 saturated carbocycles. The van der Waals surface area contributed by atoms with Crippen LogP contribution in [-0.4, -0.2) is 38.3 Å². The SMILES string of the molecule is Cc1cn2c([C@@H]3CCCN(C(=O)c4ccccn4)C3)cccc2n1. The molecule has 4 rings (SSSR count). The second kappa shape index (κ2) is 6.07. The number of nitrogens with zero attached hydrogens (tertiary/aromatic N) is 4. The van der Waals surface area contributed by atoms with Crippen LogP contribution < -0.4 is 0 Å². The number of aromatic nitrogens is 3. The summed E-state index contributed by atoms with van der Waals surface area (Å²) in [4.78, 5) is 23.4. The van der Waals surface area contributed by atoms with Gasteiger partial charge in [-0.15, -0.1) is 0 Å². The largest absolute Gasteiger partial charge is 0.337 e. The highest BCUT2D eigenvalue weighted by Crippen LogP contribution is 2.28. The Balaban J connectivity index is 1.61. The number of carbonyl (C=O) groups is 1. The van der Waals surface area contributed by atoms with Crippen LogP contribution in [0.1, 0.15) is 40.6 Å². The molecule has 0 spiro atoms. The first-order valence-corrected chi connectivity index (χ1v) is 8.37. The summed E-state index contributed by atoms with van der Waals surface area (Å²) in [7, 11) is 0. The molecule has 122 valence electrons. The molecule has 1 amide bonds. The molecule has 4 heterocycles. The summed E-state index contributed by atoms with van der Waals surface area (Å²) in [5.74, 6) is 0.345. The molecule has 5 nitrogen and oxygen atoms in total. The summed E-state index contributed by atoms with van der Waals surface area (Å²) in [6.07, 6.45) is 5.84. The molecule has 0 radical (unpaired) electrons. The minimum atomic E-state index is 0.0225. The van der Waals surface area contributed by atoms with E-state index in [1.54, 1.807) is 12.3 Å². The Morgan fingerprint density at radius 1 is 1.21 bits per heavy atom. The molecule has 0 bridgehead atoms. The molecule has 3 aromatic heterocycles. The van der Waals surface area contributed by atoms with Crippen LogP contribution in [0.3, 0.4) is 0 Å². The molecule has 3 aromatic rings. The second-order valence-electron chi connectivity index (χ2n) is 6.37. The van der Waals surface area contributed by atoms with Crippen LogP contribution in [-0.2, 0) is 0 Å². The molecule has 0 N–H and O–H groups in total. The molecule has 1 atom stereocenters. The number of likely N-dealkylation sites (tertiary alicyclic amines) is 1. The Kier molecular flexibility index (Phi) is 3.76. The van der Waals surface area contributed by atoms with Crippen LogP contribution in [0.15, 0.2) is 48.8 Å². The minimum Gasteiger partial charge on any atom is -0.337 e. The summed E-state index contributed by atoms with van der Waals surface area (Å²) in [5, 5.41) is 0. The van der Waals surface area contributed by atoms with E-state index >= 15 is 0 Å². The molecule has 0 aromatic carbocycles. The van der Waals surface area contributed by atoms with E-state index in [-0.39, 0.29) is 5.91 Å². The highest BCUT2D eigenvalue weighted by Gasteiger charge is 2.27. The molecule has 0 aliphatic carbocycles. The van der Waals surface area contributed by atoms with Crippen molar-refractivity contribution < 1.29 is 4.79 Å². The third-order valence-electron chi connectivity index (χ3n) is 4.66. The Morgan fingerprint density at radius 3 is 2.96 bits per heavy atom. The van der Waals surface area contributed by atoms with E-state index in [4.69, 9.17) is 0 Å². The first-order chi connectivity index (χ1) is 11.7. The van der Waals surface area contributed by atoms with Crippen molar-refractivity contribution in [3.05, 3.63) is 65.9 Å². The highest BCUT2D eigenvalue weighted by molar-refractivity contribution is 5.92. The molecule has 1 aliphatic rings. The van der Waals surface area contributed by atoms with E-state index in [1.165, 1.54) is 5.69 Å². The van der Waals surface area contributed by atoms with Gasteiger partial charge in [-0.3, -0.25) is 9.78 Å². The number of carbonyl (C=O) groups excluding carboxylic acids is 1. The van der Waals surface area contributed by atoms with Crippen LogP contribution in [0.5, 0.6) is 0 Å². The van der Waals surface area contributed by atoms with Crippen molar-refractivity contribution in [1.29, 1.82) is 0 Å². The smallest absolute Gasteiger partial charge is 0.272 e. The topological polar surface area (TPSA) is 50.5 Å². The molecular formula is C19H20N4O. The number of rotatable bonds is 2. The normalized spacial score (nSPS) is 18.0. The fourth-order valence-corrected chi connectivity index (χ4v) is 3.54. The van der Waals surface area contributed by atoms with E-state index in [1.807, 2.05) is 30.0 Å². The van der Waals surface area contributed by atoms with Gasteiger partial charge in [-0.2, -0.15) is 0 Å². The number of piperidine rings is 1. The van der Waals surface area contributed by atoms with Gasteiger partial charge in [-0.25, -0.2) is 4.98 Å². The maximum atomic E-state index is 12.7. The standard InChI is InChI=1S/C19H20N4O/c1-14-12-23-17(8-4-9-18(23)21-14)15-6-5-11-22(13-15)19(24)16-7-2-3-10-20-16/h2-4,7-10,12,15H,5-6,11,13H2,1H3/t15-/m1/s1. The predicted molar refractivity (Wildman–Crippen MR) is 92.0 cm³/mol. The quantitative estimate of drug-likeness (QED) is 0.729. The number of amides is 1. The summed E-state index contributed by atoms with van der Waals surface area (Å²) in [6.45, 7) is 3.53. The van der Waals surface area contributed by atoms with Crippen molar-refractivity contribution in [2.24, 2.45) is 0 Å². The molecule has 24 heavy (non-hydrogen) atoms. The lowest BCUT2D eigenvalue weighted by Crippen LogP contribution is -2.39. The third kappa shape index (κ3) is 2.66. The number of pyridine rings is 2. The molecule has 5 heteroatoms. The molecular weight excluding hydrogens is 300 g/mol. The molecule has 1 fully saturated rings. The zero-order valence-corrected chi connectivity index (χ0v) is 13.7. The Hall–Kier alpha value is -2.69. The summed E-state index contributed by atoms with van der Waals surface area (Å²) in [6, 6.07) is 11.7. The van der Waals surface area contributed by atoms with Crippen LogP contribution in [0, 0.1) is 6.92 Å². The number of hydrogen-bond acceptors (Lipinski definition) is 3. The Bertz CT molecular complexity index is 871. The van der Waals surface area contributed by atoms with Crippen LogP contribution >= 0.6 is 0 Å². The van der Waals surface area contributed by atoms with E-state index < -0.39 is 0 Å². The van der Waals surface area contributed by atoms with Gasteiger partial charge >= 0.3 is 0 Å². The number of aryl methyl sites for hydroxylation is 1. The second-order valence-corrected chi connectivity index (χ2v) is 6.37. The van der Waals surface area contributed by atoms with Crippen molar-refractivity contribution in [3.63, 3.8) is 0 Å². The van der Waals surface area contributed by atoms with Gasteiger partial charge in [-0.1, -0.05) is 12.1 Å².